The Balaban J connectivity index is 0. The molecule has 4 aliphatic heterocycles. The Bertz CT molecular complexity index is 2690. The molecular weight excluding hydrogens is 1330 g/mol. The molecule has 100 heavy (non-hydrogen) atoms. The van der Waals surface area contributed by atoms with Crippen LogP contribution >= 0.6 is 0 Å². The van der Waals surface area contributed by atoms with Crippen molar-refractivity contribution in [2.45, 2.75) is 299 Å². The van der Waals surface area contributed by atoms with Gasteiger partial charge in [-0.3, -0.25) is 0 Å². The average molecular weight is 1460 g/mol. The maximum atomic E-state index is 15.3. The van der Waals surface area contributed by atoms with E-state index in [9.17, 15) is 10.2 Å². The third kappa shape index (κ3) is 30.3. The largest absolute Gasteiger partial charge is 2.00 e. The van der Waals surface area contributed by atoms with Gasteiger partial charge in [0.2, 0.25) is 0 Å². The molecule has 12 nitrogen and oxygen atoms in total. The summed E-state index contributed by atoms with van der Waals surface area (Å²) in [5, 5.41) is 79.6. The van der Waals surface area contributed by atoms with Gasteiger partial charge in [-0.25, -0.2) is 0 Å². The summed E-state index contributed by atoms with van der Waals surface area (Å²) >= 11 is 0. The molecule has 0 unspecified atom stereocenters. The van der Waals surface area contributed by atoms with Crippen molar-refractivity contribution in [2.75, 3.05) is 66.1 Å². The molecule has 0 atom stereocenters. The van der Waals surface area contributed by atoms with E-state index in [1.54, 1.807) is 0 Å². The van der Waals surface area contributed by atoms with Crippen molar-refractivity contribution in [3.05, 3.63) is 151 Å². The van der Waals surface area contributed by atoms with E-state index in [2.05, 4.69) is 190 Å². The molecule has 5 aromatic carbocycles. The van der Waals surface area contributed by atoms with Crippen LogP contribution in [0.2, 0.25) is 0 Å². The predicted octanol–water partition coefficient (Wildman–Crippen LogP) is 17.2. The Hall–Kier alpha value is -3.85. The summed E-state index contributed by atoms with van der Waals surface area (Å²) in [5.74, 6) is -1.69. The minimum atomic E-state index is -0.715. The Morgan fingerprint density at radius 1 is 0.290 bits per heavy atom. The van der Waals surface area contributed by atoms with Gasteiger partial charge in [-0.1, -0.05) is 266 Å². The molecule has 0 aliphatic carbocycles. The van der Waals surface area contributed by atoms with Crippen molar-refractivity contribution < 1.29 is 97.7 Å². The molecule has 14 heteroatoms. The third-order valence-corrected chi connectivity index (χ3v) is 17.7. The molecule has 4 fully saturated rings. The van der Waals surface area contributed by atoms with Crippen LogP contribution in [0.25, 0.3) is 0 Å². The Morgan fingerprint density at radius 3 is 0.540 bits per heavy atom. The molecule has 0 spiro atoms. The maximum absolute atomic E-state index is 15.3. The zero-order valence-electron chi connectivity index (χ0n) is 67.0. The van der Waals surface area contributed by atoms with E-state index in [0.717, 1.165) is 99.1 Å². The van der Waals surface area contributed by atoms with Crippen LogP contribution < -0.4 is 30.6 Å². The topological polar surface area (TPSA) is 232 Å². The second kappa shape index (κ2) is 42.9. The Labute approximate surface area is 632 Å². The second-order valence-electron chi connectivity index (χ2n) is 35.0. The van der Waals surface area contributed by atoms with Crippen LogP contribution in [0.5, 0.6) is 23.0 Å². The molecule has 0 N–H and O–H groups in total. The van der Waals surface area contributed by atoms with Gasteiger partial charge in [-0.15, -0.1) is 36.2 Å². The van der Waals surface area contributed by atoms with Gasteiger partial charge in [0.25, 0.3) is 0 Å². The molecule has 0 bridgehead atoms. The molecule has 4 aliphatic rings. The summed E-state index contributed by atoms with van der Waals surface area (Å²) in [6.07, 6.45) is 11.8. The maximum Gasteiger partial charge on any atom is 0.0466 e. The van der Waals surface area contributed by atoms with E-state index < -0.39 is 33.5 Å². The number of ether oxygens (including phenoxy) is 4. The normalized spacial score (nSPS) is 14.8. The van der Waals surface area contributed by atoms with Gasteiger partial charge in [0.1, 0.15) is 0 Å². The van der Waals surface area contributed by atoms with Gasteiger partial charge in [0, 0.05) is 102 Å². The Morgan fingerprint density at radius 2 is 0.440 bits per heavy atom. The minimum Gasteiger partial charge on any atom is -2.00 e. The van der Waals surface area contributed by atoms with E-state index in [0.29, 0.717) is 44.5 Å². The summed E-state index contributed by atoms with van der Waals surface area (Å²) in [6.45, 7) is 62.8. The van der Waals surface area contributed by atoms with Crippen LogP contribution in [0.4, 0.5) is 0 Å². The first kappa shape index (κ1) is 98.2. The summed E-state index contributed by atoms with van der Waals surface area (Å²) < 4.78 is 19.8. The second-order valence-corrected chi connectivity index (χ2v) is 35.0. The van der Waals surface area contributed by atoms with E-state index in [1.807, 2.05) is 62.4 Å². The van der Waals surface area contributed by atoms with Gasteiger partial charge in [0.05, 0.1) is 0 Å². The zero-order chi connectivity index (χ0) is 73.0. The third-order valence-electron chi connectivity index (χ3n) is 17.7. The van der Waals surface area contributed by atoms with Crippen LogP contribution in [0, 0.1) is 0 Å². The summed E-state index contributed by atoms with van der Waals surface area (Å²) in [7, 11) is 0. The standard InChI is InChI=1S/C64H90O4.4C4H8O.2C3H7O.2O.2V/c1-57(2,3)39-29-43(53(65)47(33-39)61(13,14)15)51(44-30-40(58(4,5)6)34-48(54(44)66)62(16,17)18)37-25-27-38(28-26-37)52(45-31-41(59(7,8)9)35-49(55(45)67)63(19,20)21)46-32-42(60(10,11)12)36-50(56(46)68)64(22,23)24;4*1-2-4-5-3-1;2*1-2-3-4;;;;/h25-36,51-52,65-68H,1-24H3;4*1-4H2;2*2-3H2,1H3;;;;/q;;;;;2*-1;2*-2;;/p-4. The van der Waals surface area contributed by atoms with Gasteiger partial charge in [-0.2, -0.15) is 0 Å². The first-order valence-electron chi connectivity index (χ1n) is 36.3. The first-order valence-corrected chi connectivity index (χ1v) is 36.3. The summed E-state index contributed by atoms with van der Waals surface area (Å²) in [5.41, 5.74) is 7.80. The fourth-order valence-electron chi connectivity index (χ4n) is 11.4. The fraction of sp³-hybridized carbons (Fsp3) is 0.651. The molecule has 4 saturated heterocycles. The van der Waals surface area contributed by atoms with Crippen molar-refractivity contribution in [2.24, 2.45) is 0 Å². The SMILES string of the molecule is C1CCOC1.C1CCOC1.C1CCOC1.C1CCOC1.CC(C)(C)c1cc(C(c2ccc(C(c3cc(C(C)(C)C)cc(C(C)(C)C)c3[O-])c3cc(C(C)(C)C)cc(C(C)(C)C)c3[O-])cc2)c2cc(C(C)(C)C)cc(C(C)(C)C)c2[O-])c([O-])c(C(C)(C)C)c1.CCC[O-].CCC[O-].[O-2].[O-2].[V].[V]. The molecule has 4 heterocycles. The van der Waals surface area contributed by atoms with Crippen molar-refractivity contribution >= 4 is 0 Å². The molecule has 0 amide bonds. The van der Waals surface area contributed by atoms with Crippen molar-refractivity contribution in [3.8, 4) is 23.0 Å². The van der Waals surface area contributed by atoms with E-state index >= 15 is 20.4 Å². The van der Waals surface area contributed by atoms with E-state index in [-0.39, 0.29) is 106 Å². The van der Waals surface area contributed by atoms with Gasteiger partial charge >= 0.3 is 0 Å². The average Bonchev–Trinajstić information content (AvgIpc) is 0.781. The van der Waals surface area contributed by atoms with Crippen molar-refractivity contribution in [3.63, 3.8) is 0 Å². The molecule has 2 radical (unpaired) electrons. The van der Waals surface area contributed by atoms with Crippen LogP contribution in [0.3, 0.4) is 0 Å². The van der Waals surface area contributed by atoms with Crippen molar-refractivity contribution in [1.29, 1.82) is 0 Å². The van der Waals surface area contributed by atoms with Crippen LogP contribution in [-0.2, 0) is 110 Å². The minimum absolute atomic E-state index is 0. The smallest absolute Gasteiger partial charge is 0.0466 e. The fourth-order valence-corrected chi connectivity index (χ4v) is 11.4. The molecule has 5 aromatic rings. The Kier molecular flexibility index (Phi) is 42.2. The van der Waals surface area contributed by atoms with Gasteiger partial charge in [-0.05, 0) is 173 Å². The van der Waals surface area contributed by atoms with Gasteiger partial charge < -0.3 is 60.5 Å². The van der Waals surface area contributed by atoms with Crippen molar-refractivity contribution in [1.82, 2.24) is 0 Å². The van der Waals surface area contributed by atoms with E-state index in [4.69, 9.17) is 18.9 Å². The zero-order valence-corrected chi connectivity index (χ0v) is 69.8. The number of hydrogen-bond donors (Lipinski definition) is 0. The number of benzene rings is 5. The van der Waals surface area contributed by atoms with Gasteiger partial charge in [0.15, 0.2) is 0 Å². The molecule has 0 saturated carbocycles. The molecule has 568 valence electrons. The molecule has 9 rings (SSSR count). The van der Waals surface area contributed by atoms with Crippen LogP contribution in [0.15, 0.2) is 72.8 Å². The number of hydrogen-bond acceptors (Lipinski definition) is 10. The van der Waals surface area contributed by atoms with Crippen LogP contribution in [-0.4, -0.2) is 66.1 Å². The molecular formula is C86H132O12V2-10. The monoisotopic (exact) mass is 1460 g/mol. The van der Waals surface area contributed by atoms with E-state index in [1.165, 1.54) is 51.4 Å². The number of rotatable bonds is 8. The predicted molar refractivity (Wildman–Crippen MR) is 393 cm³/mol. The van der Waals surface area contributed by atoms with Crippen LogP contribution in [0.1, 0.15) is 334 Å². The summed E-state index contributed by atoms with van der Waals surface area (Å²) in [6, 6.07) is 24.6. The quantitative estimate of drug-likeness (QED) is 0.133. The first-order chi connectivity index (χ1) is 44.3. The summed E-state index contributed by atoms with van der Waals surface area (Å²) in [4.78, 5) is 0. The molecule has 0 aromatic heterocycles.